The molecule has 1 amide bonds. The van der Waals surface area contributed by atoms with Crippen molar-refractivity contribution in [2.45, 2.75) is 39.5 Å². The Morgan fingerprint density at radius 3 is 2.20 bits per heavy atom. The number of hydrogen-bond donors (Lipinski definition) is 2. The molecule has 0 bridgehead atoms. The van der Waals surface area contributed by atoms with Crippen LogP contribution in [0.5, 0.6) is 0 Å². The summed E-state index contributed by atoms with van der Waals surface area (Å²) in [5.41, 5.74) is 0.0606. The second-order valence-corrected chi connectivity index (χ2v) is 5.14. The van der Waals surface area contributed by atoms with Crippen molar-refractivity contribution in [1.29, 1.82) is 0 Å². The van der Waals surface area contributed by atoms with Crippen LogP contribution >= 0.6 is 0 Å². The Morgan fingerprint density at radius 1 is 1.20 bits per heavy atom. The maximum Gasteiger partial charge on any atom is 0.311 e. The van der Waals surface area contributed by atoms with E-state index in [1.807, 2.05) is 51.1 Å². The van der Waals surface area contributed by atoms with Gasteiger partial charge in [0.1, 0.15) is 0 Å². The van der Waals surface area contributed by atoms with E-state index >= 15 is 0 Å². The Hall–Kier alpha value is -1.84. The van der Waals surface area contributed by atoms with Crippen LogP contribution in [-0.4, -0.2) is 23.5 Å². The van der Waals surface area contributed by atoms with Gasteiger partial charge in [0.15, 0.2) is 0 Å². The number of amides is 1. The fraction of sp³-hybridized carbons (Fsp3) is 0.500. The molecule has 1 atom stereocenters. The van der Waals surface area contributed by atoms with Gasteiger partial charge >= 0.3 is 5.97 Å². The van der Waals surface area contributed by atoms with E-state index in [1.165, 1.54) is 0 Å². The predicted octanol–water partition coefficient (Wildman–Crippen LogP) is 2.80. The number of carbonyl (C=O) groups excluding carboxylic acids is 1. The molecule has 0 aliphatic heterocycles. The van der Waals surface area contributed by atoms with E-state index in [1.54, 1.807) is 0 Å². The topological polar surface area (TPSA) is 66.4 Å². The van der Waals surface area contributed by atoms with E-state index in [-0.39, 0.29) is 18.4 Å². The van der Waals surface area contributed by atoms with Gasteiger partial charge in [0.2, 0.25) is 5.91 Å². The Balaban J connectivity index is 2.69. The van der Waals surface area contributed by atoms with E-state index in [0.717, 1.165) is 5.56 Å². The van der Waals surface area contributed by atoms with E-state index in [4.69, 9.17) is 0 Å². The molecule has 4 heteroatoms. The molecule has 0 unspecified atom stereocenters. The maximum atomic E-state index is 12.1. The normalized spacial score (nSPS) is 12.8. The molecule has 110 valence electrons. The Labute approximate surface area is 120 Å². The smallest absolute Gasteiger partial charge is 0.311 e. The Kier molecular flexibility index (Phi) is 5.74. The monoisotopic (exact) mass is 277 g/mol. The van der Waals surface area contributed by atoms with E-state index in [2.05, 4.69) is 5.32 Å². The first-order chi connectivity index (χ1) is 9.46. The van der Waals surface area contributed by atoms with Crippen molar-refractivity contribution in [3.8, 4) is 0 Å². The van der Waals surface area contributed by atoms with Crippen molar-refractivity contribution < 1.29 is 14.7 Å². The fourth-order valence-electron chi connectivity index (χ4n) is 2.18. The molecular formula is C16H23NO3. The van der Waals surface area contributed by atoms with Crippen LogP contribution in [0.3, 0.4) is 0 Å². The lowest BCUT2D eigenvalue weighted by molar-refractivity contribution is -0.149. The van der Waals surface area contributed by atoms with Gasteiger partial charge in [-0.1, -0.05) is 44.2 Å². The van der Waals surface area contributed by atoms with Gasteiger partial charge in [-0.3, -0.25) is 9.59 Å². The highest BCUT2D eigenvalue weighted by Gasteiger charge is 2.35. The first-order valence-electron chi connectivity index (χ1n) is 7.03. The molecule has 0 aromatic heterocycles. The largest absolute Gasteiger partial charge is 0.481 e. The molecule has 0 saturated carbocycles. The minimum absolute atomic E-state index is 0.135. The third-order valence-electron chi connectivity index (χ3n) is 4.10. The van der Waals surface area contributed by atoms with E-state index in [9.17, 15) is 14.7 Å². The van der Waals surface area contributed by atoms with Crippen LogP contribution in [0.2, 0.25) is 0 Å². The van der Waals surface area contributed by atoms with Crippen molar-refractivity contribution >= 4 is 11.9 Å². The zero-order valence-electron chi connectivity index (χ0n) is 12.3. The first kappa shape index (κ1) is 16.2. The van der Waals surface area contributed by atoms with Crippen LogP contribution in [0.15, 0.2) is 30.3 Å². The molecule has 0 radical (unpaired) electrons. The summed E-state index contributed by atoms with van der Waals surface area (Å²) in [6.45, 7) is 5.67. The fourth-order valence-corrected chi connectivity index (χ4v) is 2.18. The number of rotatable bonds is 7. The minimum atomic E-state index is -0.869. The number of carboxylic acid groups (broad SMARTS) is 1. The molecule has 0 aliphatic rings. The molecule has 1 aromatic carbocycles. The zero-order chi connectivity index (χ0) is 15.2. The SMILES string of the molecule is CCC(CC)(CNC(=O)[C@H](C)c1ccccc1)C(=O)O. The Bertz CT molecular complexity index is 452. The number of carbonyl (C=O) groups is 2. The number of nitrogens with one attached hydrogen (secondary N) is 1. The third kappa shape index (κ3) is 3.59. The molecule has 0 spiro atoms. The van der Waals surface area contributed by atoms with Gasteiger partial charge in [-0.15, -0.1) is 0 Å². The van der Waals surface area contributed by atoms with Crippen LogP contribution in [0.25, 0.3) is 0 Å². The highest BCUT2D eigenvalue weighted by molar-refractivity contribution is 5.84. The second-order valence-electron chi connectivity index (χ2n) is 5.14. The Morgan fingerprint density at radius 2 is 1.75 bits per heavy atom. The van der Waals surface area contributed by atoms with Crippen molar-refractivity contribution in [2.75, 3.05) is 6.54 Å². The predicted molar refractivity (Wildman–Crippen MR) is 78.5 cm³/mol. The summed E-state index contributed by atoms with van der Waals surface area (Å²) in [6, 6.07) is 9.47. The van der Waals surface area contributed by atoms with Gasteiger partial charge in [-0.05, 0) is 25.3 Å². The highest BCUT2D eigenvalue weighted by atomic mass is 16.4. The van der Waals surface area contributed by atoms with Crippen molar-refractivity contribution in [3.63, 3.8) is 0 Å². The molecule has 1 aromatic rings. The number of hydrogen-bond acceptors (Lipinski definition) is 2. The van der Waals surface area contributed by atoms with Gasteiger partial charge in [0, 0.05) is 6.54 Å². The molecule has 0 aliphatic carbocycles. The summed E-state index contributed by atoms with van der Waals surface area (Å²) in [5, 5.41) is 12.1. The number of benzene rings is 1. The summed E-state index contributed by atoms with van der Waals surface area (Å²) >= 11 is 0. The molecule has 20 heavy (non-hydrogen) atoms. The molecule has 0 saturated heterocycles. The minimum Gasteiger partial charge on any atom is -0.481 e. The van der Waals surface area contributed by atoms with E-state index in [0.29, 0.717) is 12.8 Å². The zero-order valence-corrected chi connectivity index (χ0v) is 12.3. The lowest BCUT2D eigenvalue weighted by atomic mass is 9.82. The molecule has 0 heterocycles. The van der Waals surface area contributed by atoms with E-state index < -0.39 is 11.4 Å². The maximum absolute atomic E-state index is 12.1. The molecule has 0 fully saturated rings. The number of carboxylic acids is 1. The van der Waals surface area contributed by atoms with Crippen molar-refractivity contribution in [3.05, 3.63) is 35.9 Å². The lowest BCUT2D eigenvalue weighted by Gasteiger charge is -2.27. The molecule has 2 N–H and O–H groups in total. The van der Waals surface area contributed by atoms with Crippen molar-refractivity contribution in [2.24, 2.45) is 5.41 Å². The summed E-state index contributed by atoms with van der Waals surface area (Å²) in [5.74, 6) is -1.27. The first-order valence-corrected chi connectivity index (χ1v) is 7.03. The van der Waals surface area contributed by atoms with Gasteiger partial charge in [0.05, 0.1) is 11.3 Å². The summed E-state index contributed by atoms with van der Waals surface area (Å²) < 4.78 is 0. The van der Waals surface area contributed by atoms with Crippen LogP contribution in [0, 0.1) is 5.41 Å². The van der Waals surface area contributed by atoms with Gasteiger partial charge in [-0.2, -0.15) is 0 Å². The van der Waals surface area contributed by atoms with Gasteiger partial charge in [-0.25, -0.2) is 0 Å². The van der Waals surface area contributed by atoms with Crippen LogP contribution in [0.4, 0.5) is 0 Å². The number of aliphatic carboxylic acids is 1. The van der Waals surface area contributed by atoms with Gasteiger partial charge < -0.3 is 10.4 Å². The van der Waals surface area contributed by atoms with Crippen LogP contribution < -0.4 is 5.32 Å². The van der Waals surface area contributed by atoms with Crippen molar-refractivity contribution in [1.82, 2.24) is 5.32 Å². The summed E-state index contributed by atoms with van der Waals surface area (Å²) in [4.78, 5) is 23.5. The summed E-state index contributed by atoms with van der Waals surface area (Å²) in [6.07, 6.45) is 0.998. The summed E-state index contributed by atoms with van der Waals surface area (Å²) in [7, 11) is 0. The average Bonchev–Trinajstić information content (AvgIpc) is 2.48. The lowest BCUT2D eigenvalue weighted by Crippen LogP contribution is -2.43. The van der Waals surface area contributed by atoms with Crippen LogP contribution in [0.1, 0.15) is 45.1 Å². The molecule has 1 rings (SSSR count). The standard InChI is InChI=1S/C16H23NO3/c1-4-16(5-2,15(19)20)11-17-14(18)12(3)13-9-7-6-8-10-13/h6-10,12H,4-5,11H2,1-3H3,(H,17,18)(H,19,20)/t12-/m1/s1. The second kappa shape index (κ2) is 7.08. The molecular weight excluding hydrogens is 254 g/mol. The van der Waals surface area contributed by atoms with Crippen LogP contribution in [-0.2, 0) is 9.59 Å². The quantitative estimate of drug-likeness (QED) is 0.805. The highest BCUT2D eigenvalue weighted by Crippen LogP contribution is 2.26. The average molecular weight is 277 g/mol. The van der Waals surface area contributed by atoms with Gasteiger partial charge in [0.25, 0.3) is 0 Å². The third-order valence-corrected chi connectivity index (χ3v) is 4.10. The molecule has 4 nitrogen and oxygen atoms in total.